The minimum Gasteiger partial charge on any atom is -0.464 e. The van der Waals surface area contributed by atoms with Crippen molar-refractivity contribution in [3.8, 4) is 0 Å². The Labute approximate surface area is 196 Å². The Hall–Kier alpha value is -2.06. The number of carbonyl (C=O) groups excluding carboxylic acids is 2. The van der Waals surface area contributed by atoms with E-state index in [0.717, 1.165) is 75.7 Å². The van der Waals surface area contributed by atoms with Gasteiger partial charge < -0.3 is 24.3 Å². The zero-order valence-electron chi connectivity index (χ0n) is 20.1. The molecule has 4 aliphatic rings. The van der Waals surface area contributed by atoms with E-state index in [-0.39, 0.29) is 23.9 Å². The molecule has 5 rings (SSSR count). The van der Waals surface area contributed by atoms with Gasteiger partial charge >= 0.3 is 0 Å². The normalized spacial score (nSPS) is 29.0. The molecule has 2 atom stereocenters. The minimum atomic E-state index is -0.918. The van der Waals surface area contributed by atoms with Gasteiger partial charge in [-0.1, -0.05) is 25.7 Å². The Morgan fingerprint density at radius 2 is 1.88 bits per heavy atom. The number of furan rings is 1. The fraction of sp³-hybridized carbons (Fsp3) is 0.760. The molecule has 3 fully saturated rings. The number of amides is 2. The monoisotopic (exact) mass is 458 g/mol. The maximum atomic E-state index is 13.8. The third kappa shape index (κ3) is 4.39. The number of piperazine rings is 1. The quantitative estimate of drug-likeness (QED) is 0.681. The molecule has 1 N–H and O–H groups in total. The summed E-state index contributed by atoms with van der Waals surface area (Å²) in [5.74, 6) is 1.74. The summed E-state index contributed by atoms with van der Waals surface area (Å²) in [4.78, 5) is 34.0. The summed E-state index contributed by atoms with van der Waals surface area (Å²) in [5.41, 5.74) is 0.0612. The number of ether oxygens (including phenoxy) is 1. The van der Waals surface area contributed by atoms with Gasteiger partial charge in [-0.05, 0) is 26.7 Å². The third-order valence-corrected chi connectivity index (χ3v) is 8.02. The standard InChI is InChI=1S/C25H38N4O4/c1-18-15-20-22(33-18)16-21-23(30)29(10-9-27-11-13-32-14-12-27)25(2,17-28(20)21)24(31)26-19-7-5-3-4-6-8-19/h15,19,21H,3-14,16-17H2,1-2H3,(H,26,31). The highest BCUT2D eigenvalue weighted by Crippen LogP contribution is 2.41. The highest BCUT2D eigenvalue weighted by atomic mass is 16.5. The van der Waals surface area contributed by atoms with Crippen molar-refractivity contribution < 1.29 is 18.7 Å². The first-order valence-corrected chi connectivity index (χ1v) is 12.7. The fourth-order valence-electron chi connectivity index (χ4n) is 6.03. The molecule has 182 valence electrons. The van der Waals surface area contributed by atoms with Crippen LogP contribution in [0, 0.1) is 6.92 Å². The predicted octanol–water partition coefficient (Wildman–Crippen LogP) is 2.09. The summed E-state index contributed by atoms with van der Waals surface area (Å²) in [6.07, 6.45) is 7.44. The number of rotatable bonds is 5. The molecular formula is C25H38N4O4. The Morgan fingerprint density at radius 3 is 2.61 bits per heavy atom. The van der Waals surface area contributed by atoms with Crippen LogP contribution < -0.4 is 10.2 Å². The van der Waals surface area contributed by atoms with Crippen LogP contribution in [0.3, 0.4) is 0 Å². The number of morpholine rings is 1. The Kier molecular flexibility index (Phi) is 6.40. The van der Waals surface area contributed by atoms with Gasteiger partial charge in [0.25, 0.3) is 0 Å². The highest BCUT2D eigenvalue weighted by molar-refractivity contribution is 5.98. The van der Waals surface area contributed by atoms with Gasteiger partial charge in [-0.25, -0.2) is 0 Å². The molecule has 1 aromatic heterocycles. The van der Waals surface area contributed by atoms with Crippen LogP contribution in [0.15, 0.2) is 10.5 Å². The zero-order chi connectivity index (χ0) is 23.0. The minimum absolute atomic E-state index is 0.0168. The van der Waals surface area contributed by atoms with E-state index in [4.69, 9.17) is 9.15 Å². The number of hydrogen-bond donors (Lipinski definition) is 1. The van der Waals surface area contributed by atoms with Gasteiger partial charge in [0.1, 0.15) is 23.1 Å². The molecule has 2 amide bonds. The van der Waals surface area contributed by atoms with Crippen molar-refractivity contribution in [2.45, 2.75) is 76.4 Å². The number of hydrogen-bond acceptors (Lipinski definition) is 6. The van der Waals surface area contributed by atoms with Gasteiger partial charge in [0.2, 0.25) is 11.8 Å². The van der Waals surface area contributed by atoms with E-state index < -0.39 is 5.54 Å². The number of anilines is 1. The average molecular weight is 459 g/mol. The average Bonchev–Trinajstić information content (AvgIpc) is 3.19. The Balaban J connectivity index is 1.38. The van der Waals surface area contributed by atoms with E-state index in [2.05, 4.69) is 15.1 Å². The van der Waals surface area contributed by atoms with Gasteiger partial charge in [-0.15, -0.1) is 0 Å². The Morgan fingerprint density at radius 1 is 1.15 bits per heavy atom. The van der Waals surface area contributed by atoms with Gasteiger partial charge in [-0.3, -0.25) is 14.5 Å². The number of nitrogens with zero attached hydrogens (tertiary/aromatic N) is 3. The third-order valence-electron chi connectivity index (χ3n) is 8.02. The van der Waals surface area contributed by atoms with Crippen molar-refractivity contribution in [3.05, 3.63) is 17.6 Å². The van der Waals surface area contributed by atoms with E-state index in [1.54, 1.807) is 0 Å². The lowest BCUT2D eigenvalue weighted by molar-refractivity contribution is -0.151. The first-order chi connectivity index (χ1) is 16.0. The lowest BCUT2D eigenvalue weighted by atomic mass is 9.91. The SMILES string of the molecule is Cc1cc2c(o1)CC1C(=O)N(CCN3CCOCC3)C(C)(C(=O)NC3CCCCCC3)CN21. The van der Waals surface area contributed by atoms with Crippen LogP contribution in [0.1, 0.15) is 57.0 Å². The van der Waals surface area contributed by atoms with Gasteiger partial charge in [0.05, 0.1) is 25.4 Å². The topological polar surface area (TPSA) is 78.3 Å². The summed E-state index contributed by atoms with van der Waals surface area (Å²) in [5, 5.41) is 3.35. The molecule has 1 saturated carbocycles. The van der Waals surface area contributed by atoms with E-state index >= 15 is 0 Å². The van der Waals surface area contributed by atoms with Gasteiger partial charge in [-0.2, -0.15) is 0 Å². The number of fused-ring (bicyclic) bond motifs is 3. The lowest BCUT2D eigenvalue weighted by Gasteiger charge is -2.50. The van der Waals surface area contributed by atoms with Crippen molar-refractivity contribution in [1.82, 2.24) is 15.1 Å². The van der Waals surface area contributed by atoms with Crippen LogP contribution in [-0.4, -0.2) is 85.2 Å². The van der Waals surface area contributed by atoms with Crippen LogP contribution in [0.5, 0.6) is 0 Å². The number of carbonyl (C=O) groups is 2. The molecule has 2 unspecified atom stereocenters. The molecule has 2 saturated heterocycles. The van der Waals surface area contributed by atoms with E-state index in [1.165, 1.54) is 12.8 Å². The summed E-state index contributed by atoms with van der Waals surface area (Å²) in [6, 6.07) is 1.94. The lowest BCUT2D eigenvalue weighted by Crippen LogP contribution is -2.72. The molecule has 1 aromatic rings. The molecule has 1 aliphatic carbocycles. The predicted molar refractivity (Wildman–Crippen MR) is 125 cm³/mol. The molecule has 4 heterocycles. The van der Waals surface area contributed by atoms with Crippen molar-refractivity contribution in [1.29, 1.82) is 0 Å². The molecule has 0 spiro atoms. The summed E-state index contributed by atoms with van der Waals surface area (Å²) in [7, 11) is 0. The first-order valence-electron chi connectivity index (χ1n) is 12.7. The van der Waals surface area contributed by atoms with E-state index in [1.807, 2.05) is 24.8 Å². The summed E-state index contributed by atoms with van der Waals surface area (Å²) < 4.78 is 11.4. The van der Waals surface area contributed by atoms with Crippen LogP contribution in [-0.2, 0) is 20.7 Å². The van der Waals surface area contributed by atoms with Crippen molar-refractivity contribution in [3.63, 3.8) is 0 Å². The summed E-state index contributed by atoms with van der Waals surface area (Å²) in [6.45, 7) is 8.90. The fourth-order valence-corrected chi connectivity index (χ4v) is 6.03. The van der Waals surface area contributed by atoms with E-state index in [9.17, 15) is 9.59 Å². The van der Waals surface area contributed by atoms with Crippen LogP contribution >= 0.6 is 0 Å². The van der Waals surface area contributed by atoms with Crippen LogP contribution in [0.4, 0.5) is 5.69 Å². The first kappa shape index (κ1) is 22.7. The second kappa shape index (κ2) is 9.29. The molecular weight excluding hydrogens is 420 g/mol. The molecule has 3 aliphatic heterocycles. The highest BCUT2D eigenvalue weighted by Gasteiger charge is 2.54. The van der Waals surface area contributed by atoms with Crippen molar-refractivity contribution >= 4 is 17.5 Å². The number of aryl methyl sites for hydroxylation is 1. The Bertz CT molecular complexity index is 872. The molecule has 0 aromatic carbocycles. The number of nitrogens with one attached hydrogen (secondary N) is 1. The van der Waals surface area contributed by atoms with Crippen LogP contribution in [0.25, 0.3) is 0 Å². The summed E-state index contributed by atoms with van der Waals surface area (Å²) >= 11 is 0. The zero-order valence-corrected chi connectivity index (χ0v) is 20.1. The molecule has 8 nitrogen and oxygen atoms in total. The van der Waals surface area contributed by atoms with Crippen molar-refractivity contribution in [2.24, 2.45) is 0 Å². The second-order valence-electron chi connectivity index (χ2n) is 10.4. The maximum Gasteiger partial charge on any atom is 0.247 e. The van der Waals surface area contributed by atoms with Gasteiger partial charge in [0.15, 0.2) is 0 Å². The molecule has 33 heavy (non-hydrogen) atoms. The smallest absolute Gasteiger partial charge is 0.247 e. The van der Waals surface area contributed by atoms with E-state index in [0.29, 0.717) is 19.5 Å². The molecule has 8 heteroatoms. The molecule has 0 bridgehead atoms. The second-order valence-corrected chi connectivity index (χ2v) is 10.4. The van der Waals surface area contributed by atoms with Gasteiger partial charge in [0, 0.05) is 44.7 Å². The molecule has 0 radical (unpaired) electrons. The largest absolute Gasteiger partial charge is 0.464 e. The van der Waals surface area contributed by atoms with Crippen molar-refractivity contribution in [2.75, 3.05) is 50.8 Å². The maximum absolute atomic E-state index is 13.8. The van der Waals surface area contributed by atoms with Crippen LogP contribution in [0.2, 0.25) is 0 Å².